The summed E-state index contributed by atoms with van der Waals surface area (Å²) in [5.74, 6) is 0.299. The van der Waals surface area contributed by atoms with Crippen molar-refractivity contribution in [1.82, 2.24) is 10.3 Å². The molecule has 0 amide bonds. The monoisotopic (exact) mass is 475 g/mol. The molecule has 1 aromatic carbocycles. The van der Waals surface area contributed by atoms with Gasteiger partial charge in [0.2, 0.25) is 5.96 Å². The van der Waals surface area contributed by atoms with Gasteiger partial charge in [0.15, 0.2) is 6.19 Å². The van der Waals surface area contributed by atoms with Crippen LogP contribution >= 0.6 is 22.6 Å². The maximum Gasteiger partial charge on any atom is 0.270 e. The van der Waals surface area contributed by atoms with E-state index in [1.807, 2.05) is 28.7 Å². The number of nitrogens with two attached hydrogens (primary N) is 2. The number of non-ortho nitro benzene ring substituents is 1. The van der Waals surface area contributed by atoms with Gasteiger partial charge in [-0.25, -0.2) is 9.98 Å². The van der Waals surface area contributed by atoms with Gasteiger partial charge in [-0.15, -0.1) is 0 Å². The van der Waals surface area contributed by atoms with Crippen molar-refractivity contribution in [3.05, 3.63) is 48.6 Å². The van der Waals surface area contributed by atoms with Crippen LogP contribution in [0, 0.1) is 36.5 Å². The third kappa shape index (κ3) is 3.13. The molecule has 27 heavy (non-hydrogen) atoms. The van der Waals surface area contributed by atoms with E-state index < -0.39 is 11.0 Å². The molecule has 0 radical (unpaired) electrons. The van der Waals surface area contributed by atoms with Crippen LogP contribution < -0.4 is 22.1 Å². The quantitative estimate of drug-likeness (QED) is 0.164. The molecule has 2 aromatic rings. The number of rotatable bonds is 2. The number of benzene rings is 1. The third-order valence-corrected chi connectivity index (χ3v) is 4.78. The maximum atomic E-state index is 11.0. The second-order valence-corrected chi connectivity index (χ2v) is 6.53. The largest absolute Gasteiger partial charge is 0.397 e. The van der Waals surface area contributed by atoms with Gasteiger partial charge in [0.1, 0.15) is 29.3 Å². The van der Waals surface area contributed by atoms with Gasteiger partial charge < -0.3 is 16.8 Å². The second-order valence-electron chi connectivity index (χ2n) is 5.36. The van der Waals surface area contributed by atoms with E-state index in [4.69, 9.17) is 16.7 Å². The van der Waals surface area contributed by atoms with E-state index in [0.717, 1.165) is 0 Å². The molecule has 0 bridgehead atoms. The van der Waals surface area contributed by atoms with Crippen molar-refractivity contribution in [1.29, 1.82) is 10.5 Å². The second kappa shape index (κ2) is 6.93. The van der Waals surface area contributed by atoms with E-state index in [1.165, 1.54) is 12.1 Å². The fourth-order valence-electron chi connectivity index (χ4n) is 2.66. The molecular formula is C15H10IN9O2. The first kappa shape index (κ1) is 18.2. The highest BCUT2D eigenvalue weighted by Gasteiger charge is 2.31. The van der Waals surface area contributed by atoms with Crippen LogP contribution in [0.1, 0.15) is 22.7 Å². The van der Waals surface area contributed by atoms with Gasteiger partial charge in [-0.1, -0.05) is 0 Å². The summed E-state index contributed by atoms with van der Waals surface area (Å²) >= 11 is 1.95. The Labute approximate surface area is 166 Å². The lowest BCUT2D eigenvalue weighted by Crippen LogP contribution is -2.33. The number of nitro benzene ring substituents is 1. The SMILES string of the molecule is N#CNC1=NC(c2ccc([N+](=O)[O-])cc2I)c2c(nc(N)c(C#N)c2N)N1. The summed E-state index contributed by atoms with van der Waals surface area (Å²) in [5, 5.41) is 34.4. The van der Waals surface area contributed by atoms with E-state index in [-0.39, 0.29) is 34.5 Å². The smallest absolute Gasteiger partial charge is 0.270 e. The molecule has 134 valence electrons. The van der Waals surface area contributed by atoms with Crippen molar-refractivity contribution < 1.29 is 4.92 Å². The molecule has 2 heterocycles. The number of aliphatic imine (C=N–C) groups is 1. The number of nitrogen functional groups attached to an aromatic ring is 2. The molecule has 1 unspecified atom stereocenters. The van der Waals surface area contributed by atoms with Gasteiger partial charge in [-0.05, 0) is 34.2 Å². The van der Waals surface area contributed by atoms with Crippen molar-refractivity contribution in [3.63, 3.8) is 0 Å². The Balaban J connectivity index is 2.25. The van der Waals surface area contributed by atoms with E-state index in [1.54, 1.807) is 12.3 Å². The molecular weight excluding hydrogens is 465 g/mol. The van der Waals surface area contributed by atoms with Gasteiger partial charge in [-0.2, -0.15) is 10.5 Å². The highest BCUT2D eigenvalue weighted by Crippen LogP contribution is 2.42. The zero-order chi connectivity index (χ0) is 19.7. The van der Waals surface area contributed by atoms with Crippen LogP contribution in [0.5, 0.6) is 0 Å². The van der Waals surface area contributed by atoms with Crippen LogP contribution in [-0.2, 0) is 0 Å². The summed E-state index contributed by atoms with van der Waals surface area (Å²) in [6.45, 7) is 0. The van der Waals surface area contributed by atoms with E-state index in [9.17, 15) is 15.4 Å². The topological polar surface area (TPSA) is 192 Å². The third-order valence-electron chi connectivity index (χ3n) is 3.85. The molecule has 11 nitrogen and oxygen atoms in total. The number of anilines is 3. The fourth-order valence-corrected chi connectivity index (χ4v) is 3.45. The van der Waals surface area contributed by atoms with Crippen LogP contribution in [-0.4, -0.2) is 15.9 Å². The normalized spacial score (nSPS) is 14.8. The van der Waals surface area contributed by atoms with Crippen molar-refractivity contribution in [2.45, 2.75) is 6.04 Å². The average molecular weight is 475 g/mol. The molecule has 1 aliphatic heterocycles. The Morgan fingerprint density at radius 3 is 2.70 bits per heavy atom. The Kier molecular flexibility index (Phi) is 4.66. The predicted octanol–water partition coefficient (Wildman–Crippen LogP) is 1.57. The summed E-state index contributed by atoms with van der Waals surface area (Å²) in [6, 6.07) is 5.46. The Morgan fingerprint density at radius 1 is 1.37 bits per heavy atom. The van der Waals surface area contributed by atoms with Crippen molar-refractivity contribution in [3.8, 4) is 12.3 Å². The lowest BCUT2D eigenvalue weighted by Gasteiger charge is -2.26. The van der Waals surface area contributed by atoms with Crippen LogP contribution in [0.25, 0.3) is 0 Å². The van der Waals surface area contributed by atoms with Crippen LogP contribution in [0.4, 0.5) is 23.0 Å². The summed E-state index contributed by atoms with van der Waals surface area (Å²) < 4.78 is 0.564. The molecule has 1 aromatic heterocycles. The van der Waals surface area contributed by atoms with Gasteiger partial charge in [0.05, 0.1) is 10.6 Å². The number of halogens is 1. The molecule has 0 spiro atoms. The number of aromatic nitrogens is 1. The molecule has 0 saturated carbocycles. The zero-order valence-corrected chi connectivity index (χ0v) is 15.6. The summed E-state index contributed by atoms with van der Waals surface area (Å²) in [4.78, 5) is 19.1. The van der Waals surface area contributed by atoms with E-state index in [2.05, 4.69) is 20.6 Å². The molecule has 1 atom stereocenters. The molecule has 3 rings (SSSR count). The minimum absolute atomic E-state index is 0.0179. The van der Waals surface area contributed by atoms with Crippen LogP contribution in [0.2, 0.25) is 0 Å². The first-order valence-electron chi connectivity index (χ1n) is 7.30. The van der Waals surface area contributed by atoms with E-state index >= 15 is 0 Å². The first-order valence-corrected chi connectivity index (χ1v) is 8.38. The van der Waals surface area contributed by atoms with Crippen LogP contribution in [0.3, 0.4) is 0 Å². The Hall–Kier alpha value is -3.65. The van der Waals surface area contributed by atoms with Crippen molar-refractivity contribution >= 4 is 51.6 Å². The van der Waals surface area contributed by atoms with Gasteiger partial charge in [0, 0.05) is 21.3 Å². The number of fused-ring (bicyclic) bond motifs is 1. The number of nitrogens with zero attached hydrogens (tertiary/aromatic N) is 5. The number of nitro groups is 1. The van der Waals surface area contributed by atoms with Gasteiger partial charge in [-0.3, -0.25) is 15.4 Å². The van der Waals surface area contributed by atoms with Crippen LogP contribution in [0.15, 0.2) is 23.2 Å². The highest BCUT2D eigenvalue weighted by atomic mass is 127. The number of pyridine rings is 1. The van der Waals surface area contributed by atoms with Crippen molar-refractivity contribution in [2.75, 3.05) is 16.8 Å². The summed E-state index contributed by atoms with van der Waals surface area (Å²) in [7, 11) is 0. The molecule has 0 fully saturated rings. The standard InChI is InChI=1S/C15H10IN9O2/c16-9-3-6(25(26)27)1-2-7(9)12-10-11(19)8(4-17)13(20)23-14(10)24-15(22-12)21-5-18/h1-3,12H,(H6,19,20,21,22,23,24). The fraction of sp³-hybridized carbons (Fsp3) is 0.0667. The molecule has 6 N–H and O–H groups in total. The van der Waals surface area contributed by atoms with Crippen molar-refractivity contribution in [2.24, 2.45) is 4.99 Å². The lowest BCUT2D eigenvalue weighted by molar-refractivity contribution is -0.385. The number of nitrogens with one attached hydrogen (secondary N) is 2. The number of nitriles is 2. The minimum atomic E-state index is -0.745. The van der Waals surface area contributed by atoms with Gasteiger partial charge >= 0.3 is 0 Å². The first-order chi connectivity index (χ1) is 12.9. The average Bonchev–Trinajstić information content (AvgIpc) is 2.61. The lowest BCUT2D eigenvalue weighted by atomic mass is 9.95. The Bertz CT molecular complexity index is 1080. The number of hydrogen-bond acceptors (Lipinski definition) is 10. The zero-order valence-electron chi connectivity index (χ0n) is 13.4. The molecule has 0 saturated heterocycles. The number of hydrogen-bond donors (Lipinski definition) is 4. The molecule has 0 aliphatic carbocycles. The molecule has 12 heteroatoms. The van der Waals surface area contributed by atoms with Gasteiger partial charge in [0.25, 0.3) is 5.69 Å². The minimum Gasteiger partial charge on any atom is -0.397 e. The maximum absolute atomic E-state index is 11.0. The highest BCUT2D eigenvalue weighted by molar-refractivity contribution is 14.1. The van der Waals surface area contributed by atoms with E-state index in [0.29, 0.717) is 14.7 Å². The Morgan fingerprint density at radius 2 is 2.11 bits per heavy atom. The summed E-state index contributed by atoms with van der Waals surface area (Å²) in [6.07, 6.45) is 1.75. The molecule has 1 aliphatic rings. The predicted molar refractivity (Wildman–Crippen MR) is 105 cm³/mol. The summed E-state index contributed by atoms with van der Waals surface area (Å²) in [5.41, 5.74) is 13.0. The number of guanidine groups is 1.